The number of amides is 1. The fraction of sp³-hybridized carbons (Fsp3) is 0.400. The second kappa shape index (κ2) is 11.8. The molecule has 32 heavy (non-hydrogen) atoms. The molecule has 1 atom stereocenters. The number of aryl methyl sites for hydroxylation is 1. The fourth-order valence-electron chi connectivity index (χ4n) is 3.89. The largest absolute Gasteiger partial charge is 0.353 e. The molecule has 0 bridgehead atoms. The van der Waals surface area contributed by atoms with Crippen molar-refractivity contribution in [1.82, 2.24) is 25.0 Å². The Morgan fingerprint density at radius 2 is 1.72 bits per heavy atom. The summed E-state index contributed by atoms with van der Waals surface area (Å²) in [5.41, 5.74) is 3.45. The molecule has 3 rings (SSSR count). The van der Waals surface area contributed by atoms with Crippen molar-refractivity contribution in [3.05, 3.63) is 65.7 Å². The number of nitrogens with zero attached hydrogens (tertiary/aromatic N) is 4. The molecule has 2 aromatic carbocycles. The first-order chi connectivity index (χ1) is 15.6. The average molecular weight is 452 g/mol. The van der Waals surface area contributed by atoms with Crippen LogP contribution in [0.5, 0.6) is 0 Å². The molecule has 7 heteroatoms. The molecule has 1 N–H and O–H groups in total. The fourth-order valence-corrected chi connectivity index (χ4v) is 4.72. The van der Waals surface area contributed by atoms with Crippen molar-refractivity contribution >= 4 is 17.7 Å². The third-order valence-electron chi connectivity index (χ3n) is 5.68. The summed E-state index contributed by atoms with van der Waals surface area (Å²) in [6.45, 7) is 11.6. The van der Waals surface area contributed by atoms with Gasteiger partial charge in [-0.1, -0.05) is 80.2 Å². The number of hydrogen-bond acceptors (Lipinski definition) is 5. The second-order valence-electron chi connectivity index (χ2n) is 7.61. The molecule has 0 fully saturated rings. The van der Waals surface area contributed by atoms with Gasteiger partial charge in [-0.05, 0) is 38.1 Å². The van der Waals surface area contributed by atoms with E-state index in [9.17, 15) is 4.79 Å². The van der Waals surface area contributed by atoms with Gasteiger partial charge in [-0.2, -0.15) is 0 Å². The number of carbonyl (C=O) groups excluding carboxylic acids is 1. The highest BCUT2D eigenvalue weighted by Gasteiger charge is 2.20. The van der Waals surface area contributed by atoms with Gasteiger partial charge in [0, 0.05) is 18.7 Å². The lowest BCUT2D eigenvalue weighted by atomic mass is 10.1. The average Bonchev–Trinajstić information content (AvgIpc) is 3.24. The number of hydrogen-bond donors (Lipinski definition) is 1. The van der Waals surface area contributed by atoms with Gasteiger partial charge in [0.2, 0.25) is 5.91 Å². The van der Waals surface area contributed by atoms with Crippen molar-refractivity contribution in [2.45, 2.75) is 45.4 Å². The van der Waals surface area contributed by atoms with Gasteiger partial charge in [0.15, 0.2) is 11.0 Å². The summed E-state index contributed by atoms with van der Waals surface area (Å²) in [6, 6.07) is 18.7. The molecule has 0 saturated carbocycles. The van der Waals surface area contributed by atoms with Crippen LogP contribution in [0.15, 0.2) is 59.8 Å². The Morgan fingerprint density at radius 1 is 1.03 bits per heavy atom. The smallest absolute Gasteiger partial charge is 0.230 e. The Kier molecular flexibility index (Phi) is 8.88. The van der Waals surface area contributed by atoms with Crippen molar-refractivity contribution in [2.75, 3.05) is 25.4 Å². The van der Waals surface area contributed by atoms with E-state index in [2.05, 4.69) is 76.9 Å². The molecule has 0 spiro atoms. The highest BCUT2D eigenvalue weighted by Crippen LogP contribution is 2.26. The van der Waals surface area contributed by atoms with E-state index in [0.717, 1.165) is 41.7 Å². The first-order valence-corrected chi connectivity index (χ1v) is 12.2. The lowest BCUT2D eigenvalue weighted by molar-refractivity contribution is -0.118. The Balaban J connectivity index is 1.64. The highest BCUT2D eigenvalue weighted by molar-refractivity contribution is 7.99. The molecule has 1 heterocycles. The van der Waals surface area contributed by atoms with Crippen LogP contribution in [-0.2, 0) is 11.3 Å². The monoisotopic (exact) mass is 451 g/mol. The highest BCUT2D eigenvalue weighted by atomic mass is 32.2. The van der Waals surface area contributed by atoms with Crippen LogP contribution in [0.2, 0.25) is 0 Å². The molecule has 1 aromatic heterocycles. The minimum atomic E-state index is 0.00572. The van der Waals surface area contributed by atoms with Crippen molar-refractivity contribution < 1.29 is 4.79 Å². The van der Waals surface area contributed by atoms with E-state index in [4.69, 9.17) is 0 Å². The van der Waals surface area contributed by atoms with Crippen molar-refractivity contribution in [3.63, 3.8) is 0 Å². The van der Waals surface area contributed by atoms with E-state index >= 15 is 0 Å². The molecule has 0 saturated heterocycles. The van der Waals surface area contributed by atoms with Gasteiger partial charge in [0.1, 0.15) is 0 Å². The van der Waals surface area contributed by atoms with Crippen LogP contribution in [0, 0.1) is 6.92 Å². The number of aromatic nitrogens is 3. The van der Waals surface area contributed by atoms with Crippen molar-refractivity contribution in [1.29, 1.82) is 0 Å². The molecule has 0 aliphatic heterocycles. The summed E-state index contributed by atoms with van der Waals surface area (Å²) in [5.74, 6) is 1.16. The van der Waals surface area contributed by atoms with Gasteiger partial charge >= 0.3 is 0 Å². The molecule has 170 valence electrons. The predicted octanol–water partition coefficient (Wildman–Crippen LogP) is 4.56. The van der Waals surface area contributed by atoms with Crippen LogP contribution in [0.1, 0.15) is 37.9 Å². The molecule has 3 aromatic rings. The molecular weight excluding hydrogens is 418 g/mol. The lowest BCUT2D eigenvalue weighted by Crippen LogP contribution is -2.38. The maximum atomic E-state index is 12.7. The van der Waals surface area contributed by atoms with Crippen LogP contribution >= 0.6 is 11.8 Å². The first-order valence-electron chi connectivity index (χ1n) is 11.3. The summed E-state index contributed by atoms with van der Waals surface area (Å²) >= 11 is 1.43. The Hall–Kier alpha value is -2.64. The number of rotatable bonds is 11. The summed E-state index contributed by atoms with van der Waals surface area (Å²) in [6.07, 6.45) is 0. The standard InChI is InChI=1S/C25H33N5OS/c1-5-29(6-2)22(20-14-9-8-10-15-20)17-26-23(31)18-32-25-28-27-24(30(25)7-3)21-16-12-11-13-19(21)4/h8-16,22H,5-7,17-18H2,1-4H3,(H,26,31). The van der Waals surface area contributed by atoms with E-state index in [0.29, 0.717) is 12.3 Å². The molecule has 0 radical (unpaired) electrons. The van der Waals surface area contributed by atoms with Gasteiger partial charge in [0.05, 0.1) is 11.8 Å². The van der Waals surface area contributed by atoms with E-state index in [1.54, 1.807) is 0 Å². The molecule has 1 unspecified atom stereocenters. The topological polar surface area (TPSA) is 63.1 Å². The van der Waals surface area contributed by atoms with Gasteiger partial charge < -0.3 is 9.88 Å². The summed E-state index contributed by atoms with van der Waals surface area (Å²) in [5, 5.41) is 12.7. The second-order valence-corrected chi connectivity index (χ2v) is 8.55. The van der Waals surface area contributed by atoms with Gasteiger partial charge in [-0.25, -0.2) is 0 Å². The number of carbonyl (C=O) groups is 1. The zero-order chi connectivity index (χ0) is 22.9. The molecule has 6 nitrogen and oxygen atoms in total. The van der Waals surface area contributed by atoms with E-state index < -0.39 is 0 Å². The maximum Gasteiger partial charge on any atom is 0.230 e. The molecule has 1 amide bonds. The summed E-state index contributed by atoms with van der Waals surface area (Å²) in [7, 11) is 0. The number of benzene rings is 2. The first kappa shape index (κ1) is 24.0. The quantitative estimate of drug-likeness (QED) is 0.433. The Bertz CT molecular complexity index is 1000. The summed E-state index contributed by atoms with van der Waals surface area (Å²) in [4.78, 5) is 15.0. The minimum absolute atomic E-state index is 0.00572. The Morgan fingerprint density at radius 3 is 2.38 bits per heavy atom. The number of nitrogens with one attached hydrogen (secondary N) is 1. The van der Waals surface area contributed by atoms with Crippen molar-refractivity contribution in [2.24, 2.45) is 0 Å². The third-order valence-corrected chi connectivity index (χ3v) is 6.65. The normalized spacial score (nSPS) is 12.2. The van der Waals surface area contributed by atoms with E-state index in [1.165, 1.54) is 17.3 Å². The lowest BCUT2D eigenvalue weighted by Gasteiger charge is -2.30. The third kappa shape index (κ3) is 5.78. The number of likely N-dealkylation sites (N-methyl/N-ethyl adjacent to an activating group) is 1. The SMILES string of the molecule is CCN(CC)C(CNC(=O)CSc1nnc(-c2ccccc2C)n1CC)c1ccccc1. The molecule has 0 aliphatic rings. The predicted molar refractivity (Wildman–Crippen MR) is 132 cm³/mol. The van der Waals surface area contributed by atoms with Crippen LogP contribution in [0.3, 0.4) is 0 Å². The maximum absolute atomic E-state index is 12.7. The summed E-state index contributed by atoms with van der Waals surface area (Å²) < 4.78 is 2.07. The van der Waals surface area contributed by atoms with E-state index in [1.807, 2.05) is 30.3 Å². The van der Waals surface area contributed by atoms with E-state index in [-0.39, 0.29) is 11.9 Å². The van der Waals surface area contributed by atoms with Crippen LogP contribution in [0.25, 0.3) is 11.4 Å². The zero-order valence-electron chi connectivity index (χ0n) is 19.4. The Labute approximate surface area is 195 Å². The number of thioether (sulfide) groups is 1. The van der Waals surface area contributed by atoms with Crippen LogP contribution < -0.4 is 5.32 Å². The van der Waals surface area contributed by atoms with Crippen LogP contribution in [0.4, 0.5) is 0 Å². The van der Waals surface area contributed by atoms with Crippen molar-refractivity contribution in [3.8, 4) is 11.4 Å². The minimum Gasteiger partial charge on any atom is -0.353 e. The van der Waals surface area contributed by atoms with Crippen LogP contribution in [-0.4, -0.2) is 51.0 Å². The molecule has 0 aliphatic carbocycles. The van der Waals surface area contributed by atoms with Gasteiger partial charge in [-0.3, -0.25) is 9.69 Å². The van der Waals surface area contributed by atoms with Gasteiger partial charge in [-0.15, -0.1) is 10.2 Å². The van der Waals surface area contributed by atoms with Gasteiger partial charge in [0.25, 0.3) is 0 Å². The zero-order valence-corrected chi connectivity index (χ0v) is 20.2. The molecular formula is C25H33N5OS.